The summed E-state index contributed by atoms with van der Waals surface area (Å²) in [6.45, 7) is 0.324. The Balaban J connectivity index is 2.05. The van der Waals surface area contributed by atoms with Crippen molar-refractivity contribution in [2.45, 2.75) is 12.6 Å². The second-order valence-electron chi connectivity index (χ2n) is 3.83. The summed E-state index contributed by atoms with van der Waals surface area (Å²) in [5.41, 5.74) is 0.644. The molecule has 0 amide bonds. The van der Waals surface area contributed by atoms with E-state index >= 15 is 0 Å². The van der Waals surface area contributed by atoms with Gasteiger partial charge in [0.05, 0.1) is 24.2 Å². The SMILES string of the molecule is OCC(NCc1ncc[nH]1)c1ccc(Cl)c(F)c1. The first-order valence-corrected chi connectivity index (χ1v) is 5.86. The second kappa shape index (κ2) is 5.95. The van der Waals surface area contributed by atoms with E-state index < -0.39 is 5.82 Å². The third-order valence-corrected chi connectivity index (χ3v) is 2.91. The maximum Gasteiger partial charge on any atom is 0.142 e. The van der Waals surface area contributed by atoms with Gasteiger partial charge in [-0.2, -0.15) is 0 Å². The van der Waals surface area contributed by atoms with Crippen LogP contribution in [0.5, 0.6) is 0 Å². The van der Waals surface area contributed by atoms with Crippen LogP contribution >= 0.6 is 11.6 Å². The number of benzene rings is 1. The zero-order valence-electron chi connectivity index (χ0n) is 9.53. The minimum atomic E-state index is -0.493. The van der Waals surface area contributed by atoms with E-state index in [1.54, 1.807) is 18.5 Å². The molecule has 0 radical (unpaired) electrons. The van der Waals surface area contributed by atoms with Gasteiger partial charge in [0.2, 0.25) is 0 Å². The Hall–Kier alpha value is -1.43. The molecule has 2 rings (SSSR count). The third kappa shape index (κ3) is 3.07. The van der Waals surface area contributed by atoms with Gasteiger partial charge < -0.3 is 15.4 Å². The van der Waals surface area contributed by atoms with Crippen LogP contribution < -0.4 is 5.32 Å². The Labute approximate surface area is 109 Å². The number of aliphatic hydroxyl groups excluding tert-OH is 1. The van der Waals surface area contributed by atoms with Crippen LogP contribution in [0.15, 0.2) is 30.6 Å². The molecule has 0 saturated carbocycles. The van der Waals surface area contributed by atoms with Crippen LogP contribution in [-0.4, -0.2) is 21.7 Å². The summed E-state index contributed by atoms with van der Waals surface area (Å²) in [6.07, 6.45) is 3.36. The van der Waals surface area contributed by atoms with Gasteiger partial charge in [-0.3, -0.25) is 0 Å². The van der Waals surface area contributed by atoms with Gasteiger partial charge in [-0.1, -0.05) is 17.7 Å². The fourth-order valence-corrected chi connectivity index (χ4v) is 1.75. The van der Waals surface area contributed by atoms with Gasteiger partial charge in [-0.05, 0) is 17.7 Å². The number of rotatable bonds is 5. The molecule has 0 fully saturated rings. The van der Waals surface area contributed by atoms with Gasteiger partial charge in [0.15, 0.2) is 0 Å². The molecule has 0 bridgehead atoms. The molecular formula is C12H13ClFN3O. The van der Waals surface area contributed by atoms with Crippen LogP contribution in [0.4, 0.5) is 4.39 Å². The highest BCUT2D eigenvalue weighted by molar-refractivity contribution is 6.30. The summed E-state index contributed by atoms with van der Waals surface area (Å²) >= 11 is 5.61. The number of hydrogen-bond acceptors (Lipinski definition) is 3. The number of nitrogens with one attached hydrogen (secondary N) is 2. The zero-order chi connectivity index (χ0) is 13.0. The lowest BCUT2D eigenvalue weighted by Crippen LogP contribution is -2.24. The molecular weight excluding hydrogens is 257 g/mol. The normalized spacial score (nSPS) is 12.6. The molecule has 0 saturated heterocycles. The number of aromatic nitrogens is 2. The van der Waals surface area contributed by atoms with Gasteiger partial charge in [0.25, 0.3) is 0 Å². The summed E-state index contributed by atoms with van der Waals surface area (Å²) in [6, 6.07) is 4.12. The molecule has 96 valence electrons. The van der Waals surface area contributed by atoms with E-state index in [1.165, 1.54) is 12.1 Å². The van der Waals surface area contributed by atoms with E-state index in [1.807, 2.05) is 0 Å². The Morgan fingerprint density at radius 3 is 2.94 bits per heavy atom. The van der Waals surface area contributed by atoms with Gasteiger partial charge in [-0.15, -0.1) is 0 Å². The number of imidazole rings is 1. The first-order valence-electron chi connectivity index (χ1n) is 5.48. The van der Waals surface area contributed by atoms with Crippen molar-refractivity contribution >= 4 is 11.6 Å². The molecule has 2 aromatic rings. The topological polar surface area (TPSA) is 60.9 Å². The Bertz CT molecular complexity index is 504. The summed E-state index contributed by atoms with van der Waals surface area (Å²) < 4.78 is 13.3. The number of nitrogens with zero attached hydrogens (tertiary/aromatic N) is 1. The highest BCUT2D eigenvalue weighted by Crippen LogP contribution is 2.20. The van der Waals surface area contributed by atoms with Crippen LogP contribution in [0, 0.1) is 5.82 Å². The van der Waals surface area contributed by atoms with E-state index in [9.17, 15) is 9.50 Å². The van der Waals surface area contributed by atoms with Crippen molar-refractivity contribution in [3.05, 3.63) is 52.8 Å². The first kappa shape index (κ1) is 13.0. The monoisotopic (exact) mass is 269 g/mol. The molecule has 0 aliphatic rings. The van der Waals surface area contributed by atoms with Gasteiger partial charge in [-0.25, -0.2) is 9.37 Å². The molecule has 1 unspecified atom stereocenters. The number of aromatic amines is 1. The predicted octanol–water partition coefficient (Wildman–Crippen LogP) is 2.03. The van der Waals surface area contributed by atoms with Crippen molar-refractivity contribution in [1.29, 1.82) is 0 Å². The lowest BCUT2D eigenvalue weighted by molar-refractivity contribution is 0.242. The highest BCUT2D eigenvalue weighted by atomic mass is 35.5. The molecule has 0 aliphatic carbocycles. The van der Waals surface area contributed by atoms with E-state index in [0.717, 1.165) is 5.82 Å². The van der Waals surface area contributed by atoms with Gasteiger partial charge in [0.1, 0.15) is 11.6 Å². The molecule has 6 heteroatoms. The molecule has 0 aliphatic heterocycles. The molecule has 1 atom stereocenters. The lowest BCUT2D eigenvalue weighted by Gasteiger charge is -2.16. The Morgan fingerprint density at radius 2 is 2.33 bits per heavy atom. The largest absolute Gasteiger partial charge is 0.394 e. The molecule has 18 heavy (non-hydrogen) atoms. The van der Waals surface area contributed by atoms with Crippen molar-refractivity contribution in [2.24, 2.45) is 0 Å². The Kier molecular flexibility index (Phi) is 4.30. The molecule has 1 aromatic heterocycles. The van der Waals surface area contributed by atoms with Crippen LogP contribution in [0.1, 0.15) is 17.4 Å². The molecule has 1 heterocycles. The lowest BCUT2D eigenvalue weighted by atomic mass is 10.1. The van der Waals surface area contributed by atoms with Crippen LogP contribution in [0.25, 0.3) is 0 Å². The third-order valence-electron chi connectivity index (χ3n) is 2.60. The fourth-order valence-electron chi connectivity index (χ4n) is 1.63. The van der Waals surface area contributed by atoms with Crippen molar-refractivity contribution in [3.8, 4) is 0 Å². The maximum atomic E-state index is 13.3. The van der Waals surface area contributed by atoms with Crippen LogP contribution in [0.2, 0.25) is 5.02 Å². The summed E-state index contributed by atoms with van der Waals surface area (Å²) in [5, 5.41) is 12.5. The number of H-pyrrole nitrogens is 1. The predicted molar refractivity (Wildman–Crippen MR) is 66.7 cm³/mol. The van der Waals surface area contributed by atoms with Crippen molar-refractivity contribution in [3.63, 3.8) is 0 Å². The van der Waals surface area contributed by atoms with E-state index in [2.05, 4.69) is 15.3 Å². The summed E-state index contributed by atoms with van der Waals surface area (Å²) in [4.78, 5) is 6.99. The summed E-state index contributed by atoms with van der Waals surface area (Å²) in [5.74, 6) is 0.260. The highest BCUT2D eigenvalue weighted by Gasteiger charge is 2.12. The summed E-state index contributed by atoms with van der Waals surface area (Å²) in [7, 11) is 0. The Morgan fingerprint density at radius 1 is 1.50 bits per heavy atom. The van der Waals surface area contributed by atoms with E-state index in [-0.39, 0.29) is 17.7 Å². The second-order valence-corrected chi connectivity index (χ2v) is 4.23. The average Bonchev–Trinajstić information content (AvgIpc) is 2.87. The van der Waals surface area contributed by atoms with Crippen molar-refractivity contribution < 1.29 is 9.50 Å². The minimum absolute atomic E-state index is 0.0708. The fraction of sp³-hybridized carbons (Fsp3) is 0.250. The number of hydrogen-bond donors (Lipinski definition) is 3. The van der Waals surface area contributed by atoms with E-state index in [0.29, 0.717) is 12.1 Å². The quantitative estimate of drug-likeness (QED) is 0.778. The maximum absolute atomic E-state index is 13.3. The molecule has 1 aromatic carbocycles. The average molecular weight is 270 g/mol. The minimum Gasteiger partial charge on any atom is -0.394 e. The molecule has 3 N–H and O–H groups in total. The first-order chi connectivity index (χ1) is 8.70. The van der Waals surface area contributed by atoms with Crippen LogP contribution in [-0.2, 0) is 6.54 Å². The smallest absolute Gasteiger partial charge is 0.142 e. The zero-order valence-corrected chi connectivity index (χ0v) is 10.3. The number of aliphatic hydroxyl groups is 1. The molecule has 4 nitrogen and oxygen atoms in total. The molecule has 0 spiro atoms. The standard InChI is InChI=1S/C12H13ClFN3O/c13-9-2-1-8(5-10(9)14)11(7-18)17-6-12-15-3-4-16-12/h1-5,11,17-18H,6-7H2,(H,15,16). The van der Waals surface area contributed by atoms with Gasteiger partial charge >= 0.3 is 0 Å². The van der Waals surface area contributed by atoms with E-state index in [4.69, 9.17) is 11.6 Å². The van der Waals surface area contributed by atoms with Crippen molar-refractivity contribution in [2.75, 3.05) is 6.61 Å². The van der Waals surface area contributed by atoms with Crippen LogP contribution in [0.3, 0.4) is 0 Å². The number of halogens is 2. The van der Waals surface area contributed by atoms with Crippen molar-refractivity contribution in [1.82, 2.24) is 15.3 Å². The van der Waals surface area contributed by atoms with Gasteiger partial charge in [0, 0.05) is 12.4 Å².